The second-order valence-corrected chi connectivity index (χ2v) is 10.7. The molecular formula is C31H31BrN2O5. The van der Waals surface area contributed by atoms with Crippen LogP contribution in [0.1, 0.15) is 28.3 Å². The Morgan fingerprint density at radius 1 is 0.974 bits per heavy atom. The third kappa shape index (κ3) is 6.08. The maximum Gasteiger partial charge on any atom is 0.295 e. The SMILES string of the molecule is Cc1ccccc1COc1ccc(/C(O)=C2\C(=O)C(=O)N(CCN3CCOCC3)C2c2ccc(Br)cc2)cc1. The fourth-order valence-electron chi connectivity index (χ4n) is 4.97. The molecule has 1 unspecified atom stereocenters. The predicted molar refractivity (Wildman–Crippen MR) is 152 cm³/mol. The summed E-state index contributed by atoms with van der Waals surface area (Å²) in [6, 6.07) is 21.8. The van der Waals surface area contributed by atoms with E-state index in [4.69, 9.17) is 9.47 Å². The Morgan fingerprint density at radius 2 is 1.67 bits per heavy atom. The number of aryl methyl sites for hydroxylation is 1. The Hall–Kier alpha value is -3.46. The largest absolute Gasteiger partial charge is 0.507 e. The lowest BCUT2D eigenvalue weighted by Gasteiger charge is -2.31. The average Bonchev–Trinajstić information content (AvgIpc) is 3.21. The van der Waals surface area contributed by atoms with Gasteiger partial charge in [0.05, 0.1) is 24.8 Å². The molecule has 2 fully saturated rings. The number of carbonyl (C=O) groups excluding carboxylic acids is 2. The summed E-state index contributed by atoms with van der Waals surface area (Å²) < 4.78 is 12.3. The highest BCUT2D eigenvalue weighted by Crippen LogP contribution is 2.39. The summed E-state index contributed by atoms with van der Waals surface area (Å²) in [6.07, 6.45) is 0. The van der Waals surface area contributed by atoms with Gasteiger partial charge in [0.1, 0.15) is 18.1 Å². The average molecular weight is 592 g/mol. The number of carbonyl (C=O) groups is 2. The standard InChI is InChI=1S/C31H31BrN2O5/c1-21-4-2-3-5-24(21)20-39-26-12-8-23(9-13-26)29(35)27-28(22-6-10-25(32)11-7-22)34(31(37)30(27)36)15-14-33-16-18-38-19-17-33/h2-13,28,35H,14-20H2,1H3/b29-27+. The molecule has 0 spiro atoms. The summed E-state index contributed by atoms with van der Waals surface area (Å²) in [5, 5.41) is 11.4. The number of amides is 1. The van der Waals surface area contributed by atoms with E-state index >= 15 is 0 Å². The zero-order chi connectivity index (χ0) is 27.4. The molecule has 2 aliphatic heterocycles. The van der Waals surface area contributed by atoms with E-state index in [0.717, 1.165) is 34.3 Å². The van der Waals surface area contributed by atoms with Crippen molar-refractivity contribution in [1.82, 2.24) is 9.80 Å². The normalized spacial score (nSPS) is 19.4. The molecule has 0 radical (unpaired) electrons. The summed E-state index contributed by atoms with van der Waals surface area (Å²) >= 11 is 3.46. The van der Waals surface area contributed by atoms with Crippen molar-refractivity contribution in [2.75, 3.05) is 39.4 Å². The van der Waals surface area contributed by atoms with Gasteiger partial charge < -0.3 is 19.5 Å². The summed E-state index contributed by atoms with van der Waals surface area (Å²) in [4.78, 5) is 30.3. The number of hydrogen-bond donors (Lipinski definition) is 1. The number of hydrogen-bond acceptors (Lipinski definition) is 6. The van der Waals surface area contributed by atoms with E-state index in [0.29, 0.717) is 44.2 Å². The zero-order valence-corrected chi connectivity index (χ0v) is 23.4. The van der Waals surface area contributed by atoms with Crippen LogP contribution in [0.25, 0.3) is 5.76 Å². The van der Waals surface area contributed by atoms with Crippen LogP contribution in [0, 0.1) is 6.92 Å². The van der Waals surface area contributed by atoms with E-state index in [1.807, 2.05) is 55.5 Å². The zero-order valence-electron chi connectivity index (χ0n) is 21.8. The minimum Gasteiger partial charge on any atom is -0.507 e. The van der Waals surface area contributed by atoms with Crippen LogP contribution >= 0.6 is 15.9 Å². The number of ketones is 1. The van der Waals surface area contributed by atoms with Crippen molar-refractivity contribution in [2.45, 2.75) is 19.6 Å². The van der Waals surface area contributed by atoms with Gasteiger partial charge >= 0.3 is 0 Å². The van der Waals surface area contributed by atoms with Crippen molar-refractivity contribution in [3.63, 3.8) is 0 Å². The first-order valence-corrected chi connectivity index (χ1v) is 13.8. The van der Waals surface area contributed by atoms with Gasteiger partial charge in [-0.15, -0.1) is 0 Å². The highest BCUT2D eigenvalue weighted by molar-refractivity contribution is 9.10. The number of Topliss-reactive ketones (excluding diaryl/α,β-unsaturated/α-hetero) is 1. The van der Waals surface area contributed by atoms with Gasteiger partial charge in [-0.1, -0.05) is 52.3 Å². The number of morpholine rings is 1. The van der Waals surface area contributed by atoms with Gasteiger partial charge in [-0.2, -0.15) is 0 Å². The monoisotopic (exact) mass is 590 g/mol. The molecule has 1 N–H and O–H groups in total. The van der Waals surface area contributed by atoms with Gasteiger partial charge in [-0.3, -0.25) is 14.5 Å². The van der Waals surface area contributed by atoms with Crippen LogP contribution in [-0.4, -0.2) is 66.0 Å². The van der Waals surface area contributed by atoms with Crippen molar-refractivity contribution in [3.8, 4) is 5.75 Å². The topological polar surface area (TPSA) is 79.3 Å². The van der Waals surface area contributed by atoms with Crippen LogP contribution < -0.4 is 4.74 Å². The van der Waals surface area contributed by atoms with Gasteiger partial charge in [0.15, 0.2) is 0 Å². The molecule has 202 valence electrons. The Morgan fingerprint density at radius 3 is 2.36 bits per heavy atom. The first-order chi connectivity index (χ1) is 18.9. The van der Waals surface area contributed by atoms with Crippen LogP contribution in [-0.2, 0) is 20.9 Å². The van der Waals surface area contributed by atoms with Crippen LogP contribution in [0.4, 0.5) is 0 Å². The molecule has 0 bridgehead atoms. The minimum absolute atomic E-state index is 0.0953. The molecule has 2 aliphatic rings. The fraction of sp³-hybridized carbons (Fsp3) is 0.290. The molecule has 0 aliphatic carbocycles. The number of ether oxygens (including phenoxy) is 2. The summed E-state index contributed by atoms with van der Waals surface area (Å²) in [5.41, 5.74) is 3.55. The van der Waals surface area contributed by atoms with E-state index < -0.39 is 17.7 Å². The third-order valence-electron chi connectivity index (χ3n) is 7.27. The summed E-state index contributed by atoms with van der Waals surface area (Å²) in [5.74, 6) is -0.830. The highest BCUT2D eigenvalue weighted by Gasteiger charge is 2.46. The quantitative estimate of drug-likeness (QED) is 0.224. The molecule has 0 saturated carbocycles. The molecule has 3 aromatic carbocycles. The number of nitrogens with zero attached hydrogens (tertiary/aromatic N) is 2. The van der Waals surface area contributed by atoms with E-state index in [2.05, 4.69) is 20.8 Å². The highest BCUT2D eigenvalue weighted by atomic mass is 79.9. The number of likely N-dealkylation sites (tertiary alicyclic amines) is 1. The van der Waals surface area contributed by atoms with E-state index in [-0.39, 0.29) is 11.3 Å². The maximum absolute atomic E-state index is 13.3. The predicted octanol–water partition coefficient (Wildman–Crippen LogP) is 5.09. The Balaban J connectivity index is 1.41. The Bertz CT molecular complexity index is 1360. The fourth-order valence-corrected chi connectivity index (χ4v) is 5.24. The molecule has 1 amide bonds. The van der Waals surface area contributed by atoms with Gasteiger partial charge in [-0.25, -0.2) is 0 Å². The number of benzene rings is 3. The van der Waals surface area contributed by atoms with Crippen molar-refractivity contribution in [1.29, 1.82) is 0 Å². The molecule has 8 heteroatoms. The van der Waals surface area contributed by atoms with Crippen molar-refractivity contribution in [2.24, 2.45) is 0 Å². The van der Waals surface area contributed by atoms with E-state index in [9.17, 15) is 14.7 Å². The maximum atomic E-state index is 13.3. The number of aliphatic hydroxyl groups excluding tert-OH is 1. The molecule has 2 heterocycles. The van der Waals surface area contributed by atoms with Crippen LogP contribution in [0.15, 0.2) is 82.8 Å². The Labute approximate surface area is 236 Å². The second-order valence-electron chi connectivity index (χ2n) is 9.74. The second kappa shape index (κ2) is 12.2. The first kappa shape index (κ1) is 27.1. The Kier molecular flexibility index (Phi) is 8.45. The van der Waals surface area contributed by atoms with Crippen LogP contribution in [0.5, 0.6) is 5.75 Å². The van der Waals surface area contributed by atoms with Crippen molar-refractivity contribution < 1.29 is 24.2 Å². The van der Waals surface area contributed by atoms with Crippen LogP contribution in [0.3, 0.4) is 0 Å². The molecule has 1 atom stereocenters. The van der Waals surface area contributed by atoms with Crippen molar-refractivity contribution in [3.05, 3.63) is 105 Å². The van der Waals surface area contributed by atoms with Gasteiger partial charge in [-0.05, 0) is 60.0 Å². The van der Waals surface area contributed by atoms with Crippen molar-refractivity contribution >= 4 is 33.4 Å². The van der Waals surface area contributed by atoms with Gasteiger partial charge in [0.2, 0.25) is 0 Å². The lowest BCUT2D eigenvalue weighted by atomic mass is 9.95. The van der Waals surface area contributed by atoms with Crippen LogP contribution in [0.2, 0.25) is 0 Å². The lowest BCUT2D eigenvalue weighted by Crippen LogP contribution is -2.42. The number of aliphatic hydroxyl groups is 1. The summed E-state index contributed by atoms with van der Waals surface area (Å²) in [6.45, 7) is 6.33. The first-order valence-electron chi connectivity index (χ1n) is 13.0. The molecule has 3 aromatic rings. The smallest absolute Gasteiger partial charge is 0.295 e. The molecule has 5 rings (SSSR count). The minimum atomic E-state index is -0.684. The van der Waals surface area contributed by atoms with Gasteiger partial charge in [0.25, 0.3) is 11.7 Å². The molecule has 39 heavy (non-hydrogen) atoms. The third-order valence-corrected chi connectivity index (χ3v) is 7.80. The summed E-state index contributed by atoms with van der Waals surface area (Å²) in [7, 11) is 0. The number of rotatable bonds is 8. The molecule has 2 saturated heterocycles. The van der Waals surface area contributed by atoms with E-state index in [1.54, 1.807) is 29.2 Å². The molecule has 0 aromatic heterocycles. The number of halogens is 1. The van der Waals surface area contributed by atoms with Gasteiger partial charge in [0, 0.05) is 36.2 Å². The molecule has 7 nitrogen and oxygen atoms in total. The molecular weight excluding hydrogens is 560 g/mol. The van der Waals surface area contributed by atoms with E-state index in [1.165, 1.54) is 0 Å². The lowest BCUT2D eigenvalue weighted by molar-refractivity contribution is -0.140.